The Labute approximate surface area is 160 Å². The highest BCUT2D eigenvalue weighted by molar-refractivity contribution is 5.76. The average Bonchev–Trinajstić information content (AvgIpc) is 2.95. The van der Waals surface area contributed by atoms with Gasteiger partial charge in [-0.25, -0.2) is 14.5 Å². The summed E-state index contributed by atoms with van der Waals surface area (Å²) in [5, 5.41) is 4.58. The number of fused-ring (bicyclic) bond motifs is 1. The van der Waals surface area contributed by atoms with Crippen LogP contribution in [0.3, 0.4) is 0 Å². The summed E-state index contributed by atoms with van der Waals surface area (Å²) in [6.45, 7) is 1.46. The van der Waals surface area contributed by atoms with E-state index in [0.29, 0.717) is 32.5 Å². The van der Waals surface area contributed by atoms with Crippen molar-refractivity contribution in [2.24, 2.45) is 0 Å². The molecule has 9 heteroatoms. The number of carbonyl (C=O) groups excluding carboxylic acids is 1. The van der Waals surface area contributed by atoms with Crippen molar-refractivity contribution in [2.75, 3.05) is 13.1 Å². The van der Waals surface area contributed by atoms with Crippen molar-refractivity contribution in [2.45, 2.75) is 25.9 Å². The normalized spacial score (nSPS) is 13.8. The van der Waals surface area contributed by atoms with Gasteiger partial charge in [-0.1, -0.05) is 30.3 Å². The number of nitrogens with one attached hydrogen (secondary N) is 1. The van der Waals surface area contributed by atoms with Crippen LogP contribution < -0.4 is 11.2 Å². The van der Waals surface area contributed by atoms with E-state index in [1.54, 1.807) is 4.90 Å². The van der Waals surface area contributed by atoms with Crippen LogP contribution >= 0.6 is 0 Å². The van der Waals surface area contributed by atoms with E-state index in [-0.39, 0.29) is 12.5 Å². The van der Waals surface area contributed by atoms with Crippen LogP contribution in [0.25, 0.3) is 0 Å². The van der Waals surface area contributed by atoms with Gasteiger partial charge in [0.05, 0.1) is 6.54 Å². The third kappa shape index (κ3) is 3.93. The maximum absolute atomic E-state index is 12.6. The Hall–Kier alpha value is -3.49. The number of aromatic nitrogens is 5. The van der Waals surface area contributed by atoms with E-state index in [0.717, 1.165) is 17.2 Å². The van der Waals surface area contributed by atoms with Gasteiger partial charge in [0.15, 0.2) is 5.82 Å². The van der Waals surface area contributed by atoms with Crippen LogP contribution in [0.4, 0.5) is 0 Å². The molecule has 2 aromatic heterocycles. The molecule has 0 atom stereocenters. The summed E-state index contributed by atoms with van der Waals surface area (Å²) < 4.78 is 3.06. The fourth-order valence-corrected chi connectivity index (χ4v) is 3.27. The molecule has 0 unspecified atom stereocenters. The third-order valence-corrected chi connectivity index (χ3v) is 4.74. The Morgan fingerprint density at radius 2 is 1.89 bits per heavy atom. The molecule has 0 spiro atoms. The highest BCUT2D eigenvalue weighted by Crippen LogP contribution is 2.11. The minimum absolute atomic E-state index is 0.107. The van der Waals surface area contributed by atoms with E-state index in [2.05, 4.69) is 15.1 Å². The molecule has 9 nitrogen and oxygen atoms in total. The molecule has 28 heavy (non-hydrogen) atoms. The summed E-state index contributed by atoms with van der Waals surface area (Å²) in [6, 6.07) is 11.3. The lowest BCUT2D eigenvalue weighted by molar-refractivity contribution is -0.131. The fourth-order valence-electron chi connectivity index (χ4n) is 3.27. The number of rotatable bonds is 4. The van der Waals surface area contributed by atoms with Crippen molar-refractivity contribution < 1.29 is 4.79 Å². The standard InChI is InChI=1S/C19H20N6O3/c26-17-7-9-24(19(28)21-17)13-18(27)23-8-6-16-20-15(22-25(16)11-10-23)12-14-4-2-1-3-5-14/h1-5,7,9H,6,8,10-13H2,(H,21,26,28). The minimum atomic E-state index is -0.587. The van der Waals surface area contributed by atoms with Crippen LogP contribution in [0.15, 0.2) is 52.2 Å². The quantitative estimate of drug-likeness (QED) is 0.675. The van der Waals surface area contributed by atoms with Gasteiger partial charge in [-0.05, 0) is 5.56 Å². The van der Waals surface area contributed by atoms with E-state index in [1.165, 1.54) is 16.8 Å². The average molecular weight is 380 g/mol. The lowest BCUT2D eigenvalue weighted by atomic mass is 10.1. The molecule has 1 amide bonds. The first-order valence-corrected chi connectivity index (χ1v) is 9.12. The summed E-state index contributed by atoms with van der Waals surface area (Å²) in [4.78, 5) is 43.9. The van der Waals surface area contributed by atoms with Gasteiger partial charge in [-0.3, -0.25) is 19.1 Å². The van der Waals surface area contributed by atoms with E-state index in [4.69, 9.17) is 0 Å². The van der Waals surface area contributed by atoms with Crippen LogP contribution in [0.1, 0.15) is 17.2 Å². The van der Waals surface area contributed by atoms with Crippen molar-refractivity contribution >= 4 is 5.91 Å². The fraction of sp³-hybridized carbons (Fsp3) is 0.316. The Balaban J connectivity index is 1.40. The lowest BCUT2D eigenvalue weighted by Gasteiger charge is -2.20. The number of hydrogen-bond acceptors (Lipinski definition) is 5. The number of amides is 1. The number of benzene rings is 1. The lowest BCUT2D eigenvalue weighted by Crippen LogP contribution is -2.39. The number of hydrogen-bond donors (Lipinski definition) is 1. The summed E-state index contributed by atoms with van der Waals surface area (Å²) in [5.74, 6) is 1.47. The van der Waals surface area contributed by atoms with Crippen LogP contribution in [0.5, 0.6) is 0 Å². The first kappa shape index (κ1) is 17.9. The predicted octanol–water partition coefficient (Wildman–Crippen LogP) is -0.196. The molecule has 0 saturated carbocycles. The van der Waals surface area contributed by atoms with Crippen LogP contribution in [0.2, 0.25) is 0 Å². The molecular weight excluding hydrogens is 360 g/mol. The molecule has 1 aliphatic heterocycles. The molecule has 0 aliphatic carbocycles. The minimum Gasteiger partial charge on any atom is -0.339 e. The molecular formula is C19H20N6O3. The van der Waals surface area contributed by atoms with E-state index in [9.17, 15) is 14.4 Å². The zero-order valence-corrected chi connectivity index (χ0v) is 15.2. The van der Waals surface area contributed by atoms with Gasteiger partial charge in [0.1, 0.15) is 12.4 Å². The highest BCUT2D eigenvalue weighted by atomic mass is 16.2. The number of H-pyrrole nitrogens is 1. The first-order chi connectivity index (χ1) is 13.6. The number of aromatic amines is 1. The van der Waals surface area contributed by atoms with Gasteiger partial charge in [-0.15, -0.1) is 0 Å². The SMILES string of the molecule is O=C(Cn1ccc(=O)[nH]c1=O)N1CCc2nc(Cc3ccccc3)nn2CC1. The van der Waals surface area contributed by atoms with Crippen LogP contribution in [-0.4, -0.2) is 48.2 Å². The second-order valence-electron chi connectivity index (χ2n) is 6.70. The summed E-state index contributed by atoms with van der Waals surface area (Å²) in [5.41, 5.74) is 0.0912. The van der Waals surface area contributed by atoms with Crippen molar-refractivity contribution in [3.63, 3.8) is 0 Å². The Kier molecular flexibility index (Phi) is 4.88. The summed E-state index contributed by atoms with van der Waals surface area (Å²) >= 11 is 0. The van der Waals surface area contributed by atoms with Gasteiger partial charge >= 0.3 is 5.69 Å². The number of nitrogens with zero attached hydrogens (tertiary/aromatic N) is 5. The van der Waals surface area contributed by atoms with Crippen molar-refractivity contribution in [3.05, 3.63) is 80.6 Å². The Morgan fingerprint density at radius 1 is 1.07 bits per heavy atom. The van der Waals surface area contributed by atoms with Crippen LogP contribution in [-0.2, 0) is 30.7 Å². The topological polar surface area (TPSA) is 106 Å². The van der Waals surface area contributed by atoms with E-state index < -0.39 is 11.2 Å². The largest absolute Gasteiger partial charge is 0.339 e. The molecule has 1 N–H and O–H groups in total. The maximum atomic E-state index is 12.6. The summed E-state index contributed by atoms with van der Waals surface area (Å²) in [7, 11) is 0. The van der Waals surface area contributed by atoms with Gasteiger partial charge < -0.3 is 4.90 Å². The Morgan fingerprint density at radius 3 is 2.68 bits per heavy atom. The molecule has 3 heterocycles. The zero-order chi connectivity index (χ0) is 19.5. The first-order valence-electron chi connectivity index (χ1n) is 9.12. The van der Waals surface area contributed by atoms with Crippen LogP contribution in [0, 0.1) is 0 Å². The third-order valence-electron chi connectivity index (χ3n) is 4.74. The molecule has 3 aromatic rings. The van der Waals surface area contributed by atoms with Gasteiger partial charge in [-0.2, -0.15) is 5.10 Å². The van der Waals surface area contributed by atoms with Gasteiger partial charge in [0.25, 0.3) is 5.56 Å². The van der Waals surface area contributed by atoms with Crippen molar-refractivity contribution in [1.29, 1.82) is 0 Å². The molecule has 4 rings (SSSR count). The molecule has 0 fully saturated rings. The summed E-state index contributed by atoms with van der Waals surface area (Å²) in [6.07, 6.45) is 2.62. The highest BCUT2D eigenvalue weighted by Gasteiger charge is 2.21. The molecule has 0 bridgehead atoms. The number of carbonyl (C=O) groups is 1. The zero-order valence-electron chi connectivity index (χ0n) is 15.2. The van der Waals surface area contributed by atoms with Gasteiger partial charge in [0, 0.05) is 38.2 Å². The van der Waals surface area contributed by atoms with Crippen molar-refractivity contribution in [3.8, 4) is 0 Å². The molecule has 1 aromatic carbocycles. The van der Waals surface area contributed by atoms with E-state index >= 15 is 0 Å². The smallest absolute Gasteiger partial charge is 0.328 e. The second kappa shape index (κ2) is 7.63. The van der Waals surface area contributed by atoms with E-state index in [1.807, 2.05) is 35.0 Å². The molecule has 1 aliphatic rings. The van der Waals surface area contributed by atoms with Gasteiger partial charge in [0.2, 0.25) is 5.91 Å². The van der Waals surface area contributed by atoms with Crippen molar-refractivity contribution in [1.82, 2.24) is 29.2 Å². The second-order valence-corrected chi connectivity index (χ2v) is 6.70. The molecule has 0 radical (unpaired) electrons. The maximum Gasteiger partial charge on any atom is 0.328 e. The Bertz CT molecular complexity index is 1070. The molecule has 0 saturated heterocycles. The monoisotopic (exact) mass is 380 g/mol. The molecule has 144 valence electrons. The predicted molar refractivity (Wildman–Crippen MR) is 101 cm³/mol.